The molecule has 1 fully saturated rings. The molecule has 0 atom stereocenters. The van der Waals surface area contributed by atoms with E-state index in [0.717, 1.165) is 12.1 Å². The first-order chi connectivity index (χ1) is 8.35. The standard InChI is InChI=1S/C15H22N2O/c1-14(2)12(15(14,3)4)10-17-13(18)9-11-5-7-16-8-6-11/h5-8,12H,9-10H2,1-4H3,(H,17,18). The molecule has 18 heavy (non-hydrogen) atoms. The summed E-state index contributed by atoms with van der Waals surface area (Å²) >= 11 is 0. The molecule has 0 spiro atoms. The van der Waals surface area contributed by atoms with Gasteiger partial charge >= 0.3 is 0 Å². The number of amides is 1. The molecule has 1 N–H and O–H groups in total. The summed E-state index contributed by atoms with van der Waals surface area (Å²) in [5.41, 5.74) is 1.67. The zero-order chi connectivity index (χ0) is 13.4. The minimum Gasteiger partial charge on any atom is -0.355 e. The number of carbonyl (C=O) groups is 1. The molecule has 0 unspecified atom stereocenters. The van der Waals surface area contributed by atoms with Crippen molar-refractivity contribution in [3.8, 4) is 0 Å². The number of aromatic nitrogens is 1. The molecule has 0 aromatic carbocycles. The Bertz CT molecular complexity index is 423. The van der Waals surface area contributed by atoms with Crippen LogP contribution in [0.25, 0.3) is 0 Å². The van der Waals surface area contributed by atoms with Gasteiger partial charge in [0.15, 0.2) is 0 Å². The van der Waals surface area contributed by atoms with Crippen molar-refractivity contribution in [1.82, 2.24) is 10.3 Å². The maximum atomic E-state index is 11.8. The van der Waals surface area contributed by atoms with Crippen LogP contribution < -0.4 is 5.32 Å². The first-order valence-corrected chi connectivity index (χ1v) is 6.51. The molecule has 1 heterocycles. The molecule has 1 aromatic rings. The van der Waals surface area contributed by atoms with Gasteiger partial charge in [-0.2, -0.15) is 0 Å². The Labute approximate surface area is 109 Å². The van der Waals surface area contributed by atoms with Crippen molar-refractivity contribution in [2.45, 2.75) is 34.1 Å². The van der Waals surface area contributed by atoms with E-state index in [9.17, 15) is 4.79 Å². The van der Waals surface area contributed by atoms with Gasteiger partial charge < -0.3 is 5.32 Å². The molecule has 0 radical (unpaired) electrons. The molecular formula is C15H22N2O. The van der Waals surface area contributed by atoms with Gasteiger partial charge in [0, 0.05) is 18.9 Å². The van der Waals surface area contributed by atoms with E-state index < -0.39 is 0 Å². The van der Waals surface area contributed by atoms with E-state index in [4.69, 9.17) is 0 Å². The first kappa shape index (κ1) is 13.1. The normalized spacial score (nSPS) is 20.4. The van der Waals surface area contributed by atoms with Gasteiger partial charge in [0.2, 0.25) is 5.91 Å². The van der Waals surface area contributed by atoms with Gasteiger partial charge in [0.1, 0.15) is 0 Å². The fraction of sp³-hybridized carbons (Fsp3) is 0.600. The summed E-state index contributed by atoms with van der Waals surface area (Å²) < 4.78 is 0. The van der Waals surface area contributed by atoms with Crippen LogP contribution in [0.3, 0.4) is 0 Å². The lowest BCUT2D eigenvalue weighted by Crippen LogP contribution is -2.28. The van der Waals surface area contributed by atoms with Crippen molar-refractivity contribution in [3.63, 3.8) is 0 Å². The largest absolute Gasteiger partial charge is 0.355 e. The molecule has 0 aliphatic heterocycles. The van der Waals surface area contributed by atoms with E-state index in [0.29, 0.717) is 23.2 Å². The highest BCUT2D eigenvalue weighted by Gasteiger charge is 2.64. The highest BCUT2D eigenvalue weighted by Crippen LogP contribution is 2.67. The van der Waals surface area contributed by atoms with Crippen molar-refractivity contribution in [2.75, 3.05) is 6.54 Å². The van der Waals surface area contributed by atoms with E-state index in [1.165, 1.54) is 0 Å². The second-order valence-corrected chi connectivity index (χ2v) is 6.33. The van der Waals surface area contributed by atoms with E-state index in [1.807, 2.05) is 12.1 Å². The highest BCUT2D eigenvalue weighted by molar-refractivity contribution is 5.78. The molecule has 3 nitrogen and oxygen atoms in total. The average molecular weight is 246 g/mol. The molecule has 1 saturated carbocycles. The van der Waals surface area contributed by atoms with Gasteiger partial charge in [0.25, 0.3) is 0 Å². The Morgan fingerprint density at radius 2 is 1.78 bits per heavy atom. The third-order valence-corrected chi connectivity index (χ3v) is 4.94. The predicted molar refractivity (Wildman–Crippen MR) is 72.0 cm³/mol. The fourth-order valence-corrected chi connectivity index (χ4v) is 2.81. The molecule has 98 valence electrons. The van der Waals surface area contributed by atoms with Gasteiger partial charge in [-0.05, 0) is 34.4 Å². The number of nitrogens with zero attached hydrogens (tertiary/aromatic N) is 1. The Kier molecular flexibility index (Phi) is 3.18. The van der Waals surface area contributed by atoms with Crippen molar-refractivity contribution in [2.24, 2.45) is 16.7 Å². The van der Waals surface area contributed by atoms with Crippen molar-refractivity contribution in [1.29, 1.82) is 0 Å². The minimum atomic E-state index is 0.0969. The number of rotatable bonds is 4. The molecule has 0 saturated heterocycles. The van der Waals surface area contributed by atoms with Gasteiger partial charge in [0.05, 0.1) is 6.42 Å². The van der Waals surface area contributed by atoms with Crippen LogP contribution in [0.1, 0.15) is 33.3 Å². The predicted octanol–water partition coefficient (Wildman–Crippen LogP) is 2.42. The Morgan fingerprint density at radius 1 is 1.22 bits per heavy atom. The van der Waals surface area contributed by atoms with E-state index >= 15 is 0 Å². The van der Waals surface area contributed by atoms with Crippen LogP contribution in [0.5, 0.6) is 0 Å². The molecule has 1 aliphatic rings. The van der Waals surface area contributed by atoms with E-state index in [2.05, 4.69) is 38.0 Å². The number of hydrogen-bond acceptors (Lipinski definition) is 2. The van der Waals surface area contributed by atoms with Gasteiger partial charge in [-0.15, -0.1) is 0 Å². The highest BCUT2D eigenvalue weighted by atomic mass is 16.1. The maximum Gasteiger partial charge on any atom is 0.224 e. The van der Waals surface area contributed by atoms with Gasteiger partial charge in [-0.25, -0.2) is 0 Å². The summed E-state index contributed by atoms with van der Waals surface area (Å²) in [6, 6.07) is 3.76. The lowest BCUT2D eigenvalue weighted by Gasteiger charge is -2.06. The van der Waals surface area contributed by atoms with E-state index in [-0.39, 0.29) is 5.91 Å². The zero-order valence-corrected chi connectivity index (χ0v) is 11.7. The number of carbonyl (C=O) groups excluding carboxylic acids is 1. The quantitative estimate of drug-likeness (QED) is 0.886. The number of hydrogen-bond donors (Lipinski definition) is 1. The summed E-state index contributed by atoms with van der Waals surface area (Å²) in [5.74, 6) is 0.672. The molecular weight excluding hydrogens is 224 g/mol. The molecule has 2 rings (SSSR count). The second-order valence-electron chi connectivity index (χ2n) is 6.33. The molecule has 1 amide bonds. The van der Waals surface area contributed by atoms with Crippen LogP contribution in [-0.2, 0) is 11.2 Å². The minimum absolute atomic E-state index is 0.0969. The first-order valence-electron chi connectivity index (χ1n) is 6.51. The SMILES string of the molecule is CC1(C)C(CNC(=O)Cc2ccncc2)C1(C)C. The molecule has 0 bridgehead atoms. The third kappa shape index (κ3) is 2.26. The molecule has 1 aliphatic carbocycles. The summed E-state index contributed by atoms with van der Waals surface area (Å²) in [6.07, 6.45) is 3.88. The van der Waals surface area contributed by atoms with Crippen LogP contribution in [0, 0.1) is 16.7 Å². The fourth-order valence-electron chi connectivity index (χ4n) is 2.81. The van der Waals surface area contributed by atoms with Gasteiger partial charge in [-0.1, -0.05) is 27.7 Å². The smallest absolute Gasteiger partial charge is 0.224 e. The number of pyridine rings is 1. The monoisotopic (exact) mass is 246 g/mol. The van der Waals surface area contributed by atoms with E-state index in [1.54, 1.807) is 12.4 Å². The molecule has 1 aromatic heterocycles. The zero-order valence-electron chi connectivity index (χ0n) is 11.7. The maximum absolute atomic E-state index is 11.8. The Morgan fingerprint density at radius 3 is 2.28 bits per heavy atom. The third-order valence-electron chi connectivity index (χ3n) is 4.94. The van der Waals surface area contributed by atoms with Crippen molar-refractivity contribution < 1.29 is 4.79 Å². The van der Waals surface area contributed by atoms with Crippen molar-refractivity contribution in [3.05, 3.63) is 30.1 Å². The lowest BCUT2D eigenvalue weighted by atomic mass is 10.0. The topological polar surface area (TPSA) is 42.0 Å². The molecule has 3 heteroatoms. The summed E-state index contributed by atoms with van der Waals surface area (Å²) in [7, 11) is 0. The summed E-state index contributed by atoms with van der Waals surface area (Å²) in [4.78, 5) is 15.8. The van der Waals surface area contributed by atoms with Crippen LogP contribution in [0.4, 0.5) is 0 Å². The summed E-state index contributed by atoms with van der Waals surface area (Å²) in [6.45, 7) is 9.86. The van der Waals surface area contributed by atoms with Crippen LogP contribution >= 0.6 is 0 Å². The number of nitrogens with one attached hydrogen (secondary N) is 1. The summed E-state index contributed by atoms with van der Waals surface area (Å²) in [5, 5.41) is 3.04. The van der Waals surface area contributed by atoms with Crippen LogP contribution in [0.2, 0.25) is 0 Å². The van der Waals surface area contributed by atoms with Crippen LogP contribution in [0.15, 0.2) is 24.5 Å². The van der Waals surface area contributed by atoms with Crippen LogP contribution in [-0.4, -0.2) is 17.4 Å². The van der Waals surface area contributed by atoms with Crippen molar-refractivity contribution >= 4 is 5.91 Å². The average Bonchev–Trinajstić information content (AvgIpc) is 2.68. The Hall–Kier alpha value is -1.38. The van der Waals surface area contributed by atoms with Gasteiger partial charge in [-0.3, -0.25) is 9.78 Å². The lowest BCUT2D eigenvalue weighted by molar-refractivity contribution is -0.120. The Balaban J connectivity index is 1.81. The second kappa shape index (κ2) is 4.38.